The Hall–Kier alpha value is -1.43. The van der Waals surface area contributed by atoms with Crippen molar-refractivity contribution in [3.8, 4) is 5.75 Å². The third-order valence-corrected chi connectivity index (χ3v) is 3.92. The predicted molar refractivity (Wildman–Crippen MR) is 80.9 cm³/mol. The highest BCUT2D eigenvalue weighted by molar-refractivity contribution is 9.10. The summed E-state index contributed by atoms with van der Waals surface area (Å²) in [4.78, 5) is 0. The van der Waals surface area contributed by atoms with Crippen LogP contribution in [-0.4, -0.2) is 7.11 Å². The summed E-state index contributed by atoms with van der Waals surface area (Å²) in [6.07, 6.45) is 0.667. The number of rotatable bonds is 5. The maximum absolute atomic E-state index is 13.0. The van der Waals surface area contributed by atoms with Crippen molar-refractivity contribution < 1.29 is 9.13 Å². The molecule has 20 heavy (non-hydrogen) atoms. The SMILES string of the molecule is COc1ccc(Br)c(CC(NN)c2ccc(F)cc2)c1. The Bertz CT molecular complexity index is 575. The number of nitrogens with one attached hydrogen (secondary N) is 1. The monoisotopic (exact) mass is 338 g/mol. The summed E-state index contributed by atoms with van der Waals surface area (Å²) in [6, 6.07) is 12.0. The van der Waals surface area contributed by atoms with E-state index in [9.17, 15) is 4.39 Å². The van der Waals surface area contributed by atoms with Crippen LogP contribution in [0.1, 0.15) is 17.2 Å². The summed E-state index contributed by atoms with van der Waals surface area (Å²) in [5.74, 6) is 6.15. The minimum absolute atomic E-state index is 0.0981. The molecule has 1 atom stereocenters. The van der Waals surface area contributed by atoms with E-state index in [1.165, 1.54) is 12.1 Å². The zero-order chi connectivity index (χ0) is 14.5. The van der Waals surface area contributed by atoms with E-state index in [2.05, 4.69) is 21.4 Å². The molecule has 3 N–H and O–H groups in total. The van der Waals surface area contributed by atoms with E-state index in [-0.39, 0.29) is 11.9 Å². The molecular formula is C15H16BrFN2O. The average Bonchev–Trinajstić information content (AvgIpc) is 2.47. The second-order valence-corrected chi connectivity index (χ2v) is 5.29. The van der Waals surface area contributed by atoms with Crippen LogP contribution in [-0.2, 0) is 6.42 Å². The van der Waals surface area contributed by atoms with E-state index in [1.807, 2.05) is 18.2 Å². The van der Waals surface area contributed by atoms with Gasteiger partial charge < -0.3 is 4.74 Å². The van der Waals surface area contributed by atoms with E-state index in [0.29, 0.717) is 6.42 Å². The van der Waals surface area contributed by atoms with Crippen LogP contribution in [0.4, 0.5) is 4.39 Å². The minimum Gasteiger partial charge on any atom is -0.497 e. The molecule has 106 valence electrons. The number of halogens is 2. The van der Waals surface area contributed by atoms with E-state index in [0.717, 1.165) is 21.3 Å². The first kappa shape index (κ1) is 15.0. The van der Waals surface area contributed by atoms with Gasteiger partial charge in [-0.15, -0.1) is 0 Å². The van der Waals surface area contributed by atoms with Gasteiger partial charge in [0.05, 0.1) is 13.2 Å². The van der Waals surface area contributed by atoms with E-state index in [4.69, 9.17) is 10.6 Å². The lowest BCUT2D eigenvalue weighted by Crippen LogP contribution is -2.29. The fraction of sp³-hybridized carbons (Fsp3) is 0.200. The second kappa shape index (κ2) is 6.83. The van der Waals surface area contributed by atoms with Crippen LogP contribution < -0.4 is 16.0 Å². The molecule has 5 heteroatoms. The highest BCUT2D eigenvalue weighted by atomic mass is 79.9. The summed E-state index contributed by atoms with van der Waals surface area (Å²) in [5.41, 5.74) is 4.77. The molecule has 2 rings (SSSR count). The van der Waals surface area contributed by atoms with Crippen molar-refractivity contribution >= 4 is 15.9 Å². The van der Waals surface area contributed by atoms with Gasteiger partial charge in [0.2, 0.25) is 0 Å². The summed E-state index contributed by atoms with van der Waals surface area (Å²) in [7, 11) is 1.63. The van der Waals surface area contributed by atoms with Crippen LogP contribution in [0.25, 0.3) is 0 Å². The maximum atomic E-state index is 13.0. The zero-order valence-corrected chi connectivity index (χ0v) is 12.7. The molecule has 0 saturated heterocycles. The predicted octanol–water partition coefficient (Wildman–Crippen LogP) is 3.34. The molecule has 2 aromatic carbocycles. The van der Waals surface area contributed by atoms with Crippen molar-refractivity contribution in [1.82, 2.24) is 5.43 Å². The molecule has 2 aromatic rings. The van der Waals surface area contributed by atoms with Crippen LogP contribution in [0.5, 0.6) is 5.75 Å². The topological polar surface area (TPSA) is 47.3 Å². The molecule has 1 unspecified atom stereocenters. The Labute approximate surface area is 126 Å². The van der Waals surface area contributed by atoms with Crippen LogP contribution in [0.3, 0.4) is 0 Å². The van der Waals surface area contributed by atoms with Crippen molar-refractivity contribution in [3.05, 3.63) is 63.9 Å². The van der Waals surface area contributed by atoms with Gasteiger partial charge in [-0.2, -0.15) is 0 Å². The fourth-order valence-corrected chi connectivity index (χ4v) is 2.43. The van der Waals surface area contributed by atoms with Gasteiger partial charge in [-0.05, 0) is 47.9 Å². The number of hydrogen-bond acceptors (Lipinski definition) is 3. The summed E-state index contributed by atoms with van der Waals surface area (Å²) in [5, 5.41) is 0. The molecule has 0 fully saturated rings. The highest BCUT2D eigenvalue weighted by Gasteiger charge is 2.13. The van der Waals surface area contributed by atoms with Crippen molar-refractivity contribution in [2.24, 2.45) is 5.84 Å². The number of hydrogen-bond donors (Lipinski definition) is 2. The normalized spacial score (nSPS) is 12.2. The van der Waals surface area contributed by atoms with Crippen LogP contribution in [0, 0.1) is 5.82 Å². The van der Waals surface area contributed by atoms with Gasteiger partial charge in [0.15, 0.2) is 0 Å². The Kier molecular flexibility index (Phi) is 5.11. The summed E-state index contributed by atoms with van der Waals surface area (Å²) >= 11 is 3.52. The van der Waals surface area contributed by atoms with Crippen LogP contribution in [0.2, 0.25) is 0 Å². The summed E-state index contributed by atoms with van der Waals surface area (Å²) < 4.78 is 19.2. The molecule has 0 aliphatic rings. The van der Waals surface area contributed by atoms with Gasteiger partial charge in [-0.3, -0.25) is 11.3 Å². The van der Waals surface area contributed by atoms with Crippen molar-refractivity contribution in [2.45, 2.75) is 12.5 Å². The molecule has 0 aromatic heterocycles. The molecular weight excluding hydrogens is 323 g/mol. The lowest BCUT2D eigenvalue weighted by molar-refractivity contribution is 0.413. The first-order chi connectivity index (χ1) is 9.63. The van der Waals surface area contributed by atoms with Crippen LogP contribution in [0.15, 0.2) is 46.9 Å². The number of nitrogens with two attached hydrogens (primary N) is 1. The molecule has 3 nitrogen and oxygen atoms in total. The Morgan fingerprint density at radius 3 is 2.55 bits per heavy atom. The standard InChI is InChI=1S/C15H16BrFN2O/c1-20-13-6-7-14(16)11(8-13)9-15(19-18)10-2-4-12(17)5-3-10/h2-8,15,19H,9,18H2,1H3. The van der Waals surface area contributed by atoms with Gasteiger partial charge in [-0.25, -0.2) is 4.39 Å². The smallest absolute Gasteiger partial charge is 0.123 e. The van der Waals surface area contributed by atoms with Crippen LogP contribution >= 0.6 is 15.9 Å². The van der Waals surface area contributed by atoms with Crippen molar-refractivity contribution in [1.29, 1.82) is 0 Å². The Morgan fingerprint density at radius 1 is 1.25 bits per heavy atom. The number of benzene rings is 2. The Morgan fingerprint density at radius 2 is 1.95 bits per heavy atom. The zero-order valence-electron chi connectivity index (χ0n) is 11.1. The van der Waals surface area contributed by atoms with Crippen molar-refractivity contribution in [2.75, 3.05) is 7.11 Å². The van der Waals surface area contributed by atoms with Gasteiger partial charge >= 0.3 is 0 Å². The number of methoxy groups -OCH3 is 1. The lowest BCUT2D eigenvalue weighted by Gasteiger charge is -2.18. The van der Waals surface area contributed by atoms with E-state index >= 15 is 0 Å². The van der Waals surface area contributed by atoms with Gasteiger partial charge in [0, 0.05) is 4.47 Å². The third kappa shape index (κ3) is 3.56. The molecule has 0 heterocycles. The molecule has 0 amide bonds. The maximum Gasteiger partial charge on any atom is 0.123 e. The lowest BCUT2D eigenvalue weighted by atomic mass is 9.99. The largest absolute Gasteiger partial charge is 0.497 e. The highest BCUT2D eigenvalue weighted by Crippen LogP contribution is 2.27. The van der Waals surface area contributed by atoms with Gasteiger partial charge in [0.25, 0.3) is 0 Å². The number of hydrazine groups is 1. The third-order valence-electron chi connectivity index (χ3n) is 3.15. The molecule has 0 radical (unpaired) electrons. The Balaban J connectivity index is 2.23. The number of ether oxygens (including phenoxy) is 1. The average molecular weight is 339 g/mol. The van der Waals surface area contributed by atoms with E-state index < -0.39 is 0 Å². The molecule has 0 saturated carbocycles. The quantitative estimate of drug-likeness (QED) is 0.649. The first-order valence-corrected chi connectivity index (χ1v) is 6.97. The van der Waals surface area contributed by atoms with Crippen molar-refractivity contribution in [3.63, 3.8) is 0 Å². The summed E-state index contributed by atoms with van der Waals surface area (Å²) in [6.45, 7) is 0. The second-order valence-electron chi connectivity index (χ2n) is 4.43. The molecule has 0 aliphatic carbocycles. The van der Waals surface area contributed by atoms with Gasteiger partial charge in [0.1, 0.15) is 11.6 Å². The van der Waals surface area contributed by atoms with Gasteiger partial charge in [-0.1, -0.05) is 28.1 Å². The minimum atomic E-state index is -0.257. The van der Waals surface area contributed by atoms with E-state index in [1.54, 1.807) is 19.2 Å². The fourth-order valence-electron chi connectivity index (χ4n) is 2.02. The molecule has 0 spiro atoms. The molecule has 0 aliphatic heterocycles. The first-order valence-electron chi connectivity index (χ1n) is 6.18. The molecule has 0 bridgehead atoms.